The molecule has 3 aliphatic heterocycles. The lowest BCUT2D eigenvalue weighted by Crippen LogP contribution is -2.36. The Morgan fingerprint density at radius 1 is 1.11 bits per heavy atom. The Bertz CT molecular complexity index is 2020. The van der Waals surface area contributed by atoms with Crippen molar-refractivity contribution in [3.63, 3.8) is 0 Å². The Hall–Kier alpha value is -4.40. The highest BCUT2D eigenvalue weighted by Crippen LogP contribution is 2.47. The van der Waals surface area contributed by atoms with E-state index in [2.05, 4.69) is 20.2 Å². The maximum atomic E-state index is 15.9. The third-order valence-electron chi connectivity index (χ3n) is 10.3. The lowest BCUT2D eigenvalue weighted by atomic mass is 9.84. The van der Waals surface area contributed by atoms with E-state index in [0.29, 0.717) is 35.7 Å². The van der Waals surface area contributed by atoms with Crippen LogP contribution < -0.4 is 15.8 Å². The summed E-state index contributed by atoms with van der Waals surface area (Å²) in [7, 11) is 2.23. The molecule has 1 aliphatic carbocycles. The standard InChI is InChI=1S/C21H14F5N5OS.C9H15NO.C7H12FN.CH4O/c1-3-29-19-9-6-11(21(24,25)26)14(15(23)16(9)30-20(31-19)32-2)8-4-5-12(22)17-13(8)10(7-27)18(28)33-17;11-9(8-4-3-5-8)10-6-1-2-7-10;8-6-4-7-2-1-3-9(7)5-6;1-2/h4-6H,3,28H2,1-2H3,(H,29,30,31);8H,1-7H2;6-7H,1-5H2;2H,1H3. The SMILES string of the molecule is CCNc1nc(OC)nc2c(F)c(-c3ccc(F)c4sc(N)c(C#N)c34)c(C(F)(F)F)cc12.CO.FC1CC2CCCN2C1.O=C(C1CCC1)N1CCCC1. The van der Waals surface area contributed by atoms with Gasteiger partial charge in [0.05, 0.1) is 22.9 Å². The van der Waals surface area contributed by atoms with Gasteiger partial charge >= 0.3 is 12.2 Å². The van der Waals surface area contributed by atoms with Crippen LogP contribution in [0.4, 0.5) is 37.2 Å². The van der Waals surface area contributed by atoms with Gasteiger partial charge in [-0.3, -0.25) is 9.69 Å². The molecule has 8 rings (SSSR count). The fourth-order valence-electron chi connectivity index (χ4n) is 7.47. The van der Waals surface area contributed by atoms with Gasteiger partial charge in [0, 0.05) is 61.6 Å². The number of likely N-dealkylation sites (tertiary alicyclic amines) is 1. The van der Waals surface area contributed by atoms with Crippen LogP contribution in [0.2, 0.25) is 0 Å². The van der Waals surface area contributed by atoms with Gasteiger partial charge in [0.1, 0.15) is 34.4 Å². The lowest BCUT2D eigenvalue weighted by Gasteiger charge is -2.28. The van der Waals surface area contributed by atoms with Crippen molar-refractivity contribution < 1.29 is 41.0 Å². The van der Waals surface area contributed by atoms with E-state index in [4.69, 9.17) is 15.6 Å². The minimum Gasteiger partial charge on any atom is -0.467 e. The molecule has 1 amide bonds. The fourth-order valence-corrected chi connectivity index (χ4v) is 8.42. The van der Waals surface area contributed by atoms with E-state index < -0.39 is 40.6 Å². The number of halogens is 6. The van der Waals surface area contributed by atoms with E-state index in [-0.39, 0.29) is 50.0 Å². The Morgan fingerprint density at radius 3 is 2.40 bits per heavy atom. The predicted octanol–water partition coefficient (Wildman–Crippen LogP) is 7.91. The zero-order valence-electron chi connectivity index (χ0n) is 30.9. The number of alkyl halides is 4. The van der Waals surface area contributed by atoms with Crippen LogP contribution >= 0.6 is 11.3 Å². The number of aromatic nitrogens is 2. The van der Waals surface area contributed by atoms with Gasteiger partial charge in [-0.2, -0.15) is 28.4 Å². The van der Waals surface area contributed by atoms with E-state index in [1.54, 1.807) is 13.0 Å². The number of nitrogens with two attached hydrogens (primary N) is 1. The van der Waals surface area contributed by atoms with E-state index in [0.717, 1.165) is 64.2 Å². The number of aliphatic hydroxyl groups is 1. The fraction of sp³-hybridized carbons (Fsp3) is 0.526. The van der Waals surface area contributed by atoms with Gasteiger partial charge in [0.2, 0.25) is 5.91 Å². The second kappa shape index (κ2) is 18.0. The third kappa shape index (κ3) is 8.86. The van der Waals surface area contributed by atoms with Gasteiger partial charge in [0.15, 0.2) is 5.82 Å². The van der Waals surface area contributed by atoms with Crippen molar-refractivity contribution in [1.29, 1.82) is 5.26 Å². The molecule has 2 unspecified atom stereocenters. The number of rotatable bonds is 5. The number of fused-ring (bicyclic) bond motifs is 3. The molecular weight excluding hydrogens is 749 g/mol. The minimum absolute atomic E-state index is 0.0444. The number of aliphatic hydroxyl groups excluding tert-OH is 1. The van der Waals surface area contributed by atoms with Crippen molar-refractivity contribution >= 4 is 49.1 Å². The normalized spacial score (nSPS) is 19.3. The first kappa shape index (κ1) is 41.8. The zero-order chi connectivity index (χ0) is 40.0. The molecule has 4 aromatic rings. The number of nitrogens with one attached hydrogen (secondary N) is 1. The summed E-state index contributed by atoms with van der Waals surface area (Å²) < 4.78 is 90.2. The van der Waals surface area contributed by atoms with Crippen LogP contribution in [0.3, 0.4) is 0 Å². The highest BCUT2D eigenvalue weighted by molar-refractivity contribution is 7.23. The summed E-state index contributed by atoms with van der Waals surface area (Å²) >= 11 is 0.698. The molecule has 298 valence electrons. The molecule has 5 heterocycles. The summed E-state index contributed by atoms with van der Waals surface area (Å²) in [6, 6.07) is 4.75. The van der Waals surface area contributed by atoms with Crippen LogP contribution in [0.25, 0.3) is 32.1 Å². The van der Waals surface area contributed by atoms with Gasteiger partial charge in [-0.1, -0.05) is 12.5 Å². The Labute approximate surface area is 319 Å². The summed E-state index contributed by atoms with van der Waals surface area (Å²) in [6.07, 6.45) is 3.82. The summed E-state index contributed by atoms with van der Waals surface area (Å²) in [5.41, 5.74) is 2.59. The smallest absolute Gasteiger partial charge is 0.417 e. The second-order valence-corrected chi connectivity index (χ2v) is 14.7. The van der Waals surface area contributed by atoms with E-state index in [1.807, 2.05) is 4.90 Å². The predicted molar refractivity (Wildman–Crippen MR) is 201 cm³/mol. The number of methoxy groups -OCH3 is 1. The molecule has 2 aromatic heterocycles. The highest BCUT2D eigenvalue weighted by Gasteiger charge is 2.38. The van der Waals surface area contributed by atoms with Crippen molar-refractivity contribution in [2.24, 2.45) is 5.92 Å². The molecule has 4 N–H and O–H groups in total. The van der Waals surface area contributed by atoms with Crippen molar-refractivity contribution in [2.45, 2.75) is 76.7 Å². The zero-order valence-corrected chi connectivity index (χ0v) is 31.7. The number of hydrogen-bond donors (Lipinski definition) is 3. The molecule has 0 spiro atoms. The monoisotopic (exact) mass is 793 g/mol. The quantitative estimate of drug-likeness (QED) is 0.172. The Kier molecular flexibility index (Phi) is 13.7. The van der Waals surface area contributed by atoms with Crippen molar-refractivity contribution in [3.8, 4) is 23.2 Å². The van der Waals surface area contributed by atoms with Crippen LogP contribution in [0.5, 0.6) is 6.01 Å². The first-order chi connectivity index (χ1) is 26.4. The highest BCUT2D eigenvalue weighted by atomic mass is 32.1. The summed E-state index contributed by atoms with van der Waals surface area (Å²) in [5.74, 6) is -1.31. The number of ether oxygens (including phenoxy) is 1. The van der Waals surface area contributed by atoms with E-state index in [1.165, 1.54) is 39.2 Å². The van der Waals surface area contributed by atoms with Crippen LogP contribution in [-0.2, 0) is 11.0 Å². The Morgan fingerprint density at radius 2 is 1.82 bits per heavy atom. The molecule has 4 fully saturated rings. The number of nitrogens with zero attached hydrogens (tertiary/aromatic N) is 5. The molecule has 0 radical (unpaired) electrons. The molecule has 10 nitrogen and oxygen atoms in total. The lowest BCUT2D eigenvalue weighted by molar-refractivity contribution is -0.137. The average molecular weight is 794 g/mol. The van der Waals surface area contributed by atoms with Gasteiger partial charge < -0.3 is 25.8 Å². The van der Waals surface area contributed by atoms with Gasteiger partial charge in [-0.05, 0) is 76.1 Å². The van der Waals surface area contributed by atoms with Crippen LogP contribution in [0, 0.1) is 28.9 Å². The number of nitriles is 1. The average Bonchev–Trinajstić information content (AvgIpc) is 3.95. The van der Waals surface area contributed by atoms with Gasteiger partial charge in [-0.25, -0.2) is 13.2 Å². The molecule has 4 aliphatic rings. The molecule has 2 aromatic carbocycles. The second-order valence-electron chi connectivity index (χ2n) is 13.6. The maximum Gasteiger partial charge on any atom is 0.417 e. The number of hydrogen-bond acceptors (Lipinski definition) is 10. The van der Waals surface area contributed by atoms with Gasteiger partial charge in [-0.15, -0.1) is 11.3 Å². The number of amides is 1. The molecule has 3 saturated heterocycles. The van der Waals surface area contributed by atoms with Crippen molar-refractivity contribution in [3.05, 3.63) is 41.0 Å². The maximum absolute atomic E-state index is 15.9. The molecular formula is C38H45F6N7O3S. The number of anilines is 2. The number of benzene rings is 2. The first-order valence-electron chi connectivity index (χ1n) is 18.3. The molecule has 2 atom stereocenters. The topological polar surface area (TPSA) is 141 Å². The largest absolute Gasteiger partial charge is 0.467 e. The molecule has 1 saturated carbocycles. The van der Waals surface area contributed by atoms with Crippen molar-refractivity contribution in [1.82, 2.24) is 19.8 Å². The van der Waals surface area contributed by atoms with Crippen LogP contribution in [0.15, 0.2) is 18.2 Å². The molecule has 17 heteroatoms. The number of nitrogen functional groups attached to an aromatic ring is 1. The molecule has 55 heavy (non-hydrogen) atoms. The van der Waals surface area contributed by atoms with Crippen LogP contribution in [0.1, 0.15) is 69.4 Å². The third-order valence-corrected chi connectivity index (χ3v) is 11.3. The first-order valence-corrected chi connectivity index (χ1v) is 19.1. The number of carbonyl (C=O) groups excluding carboxylic acids is 1. The van der Waals surface area contributed by atoms with Crippen LogP contribution in [-0.4, -0.2) is 89.9 Å². The summed E-state index contributed by atoms with van der Waals surface area (Å²) in [6.45, 7) is 5.88. The Balaban J connectivity index is 0.000000211. The summed E-state index contributed by atoms with van der Waals surface area (Å²) in [5, 5.41) is 18.8. The van der Waals surface area contributed by atoms with E-state index in [9.17, 15) is 32.0 Å². The number of carbonyl (C=O) groups is 1. The number of thiophene rings is 1. The van der Waals surface area contributed by atoms with E-state index >= 15 is 4.39 Å². The van der Waals surface area contributed by atoms with Gasteiger partial charge in [0.25, 0.3) is 0 Å². The van der Waals surface area contributed by atoms with Crippen molar-refractivity contribution in [2.75, 3.05) is 58.0 Å². The molecule has 0 bridgehead atoms. The minimum atomic E-state index is -5.00. The summed E-state index contributed by atoms with van der Waals surface area (Å²) in [4.78, 5) is 23.8.